The quantitative estimate of drug-likeness (QED) is 0.632. The number of nitrogens with one attached hydrogen (secondary N) is 1. The number of ether oxygens (including phenoxy) is 1. The molecule has 0 aromatic heterocycles. The second kappa shape index (κ2) is 8.51. The number of para-hydroxylation sites is 1. The number of aryl methyl sites for hydroxylation is 1. The van der Waals surface area contributed by atoms with Crippen LogP contribution in [-0.2, 0) is 16.6 Å². The second-order valence-electron chi connectivity index (χ2n) is 9.17. The molecule has 1 amide bonds. The lowest BCUT2D eigenvalue weighted by Gasteiger charge is -2.33. The van der Waals surface area contributed by atoms with Gasteiger partial charge in [0.15, 0.2) is 0 Å². The van der Waals surface area contributed by atoms with Crippen LogP contribution < -0.4 is 10.1 Å². The maximum atomic E-state index is 12.9. The first kappa shape index (κ1) is 20.3. The third-order valence-corrected chi connectivity index (χ3v) is 7.44. The molecule has 3 aliphatic rings. The van der Waals surface area contributed by atoms with Crippen LogP contribution in [0, 0.1) is 0 Å². The lowest BCUT2D eigenvalue weighted by molar-refractivity contribution is -0.121. The molecule has 0 spiro atoms. The average molecular weight is 417 g/mol. The summed E-state index contributed by atoms with van der Waals surface area (Å²) >= 11 is 0. The summed E-state index contributed by atoms with van der Waals surface area (Å²) in [6.07, 6.45) is 9.85. The maximum absolute atomic E-state index is 12.9. The van der Waals surface area contributed by atoms with Crippen LogP contribution in [0.1, 0.15) is 55.2 Å². The number of carbonyl (C=O) groups is 1. The van der Waals surface area contributed by atoms with Crippen molar-refractivity contribution in [1.82, 2.24) is 4.90 Å². The van der Waals surface area contributed by atoms with Crippen molar-refractivity contribution in [3.8, 4) is 5.75 Å². The SMILES string of the molecule is COc1ccccc1C1=CCN(CCCCC23CCCc4cccc(c42)NC3=O)CC1. The van der Waals surface area contributed by atoms with Crippen LogP contribution in [0.2, 0.25) is 0 Å². The predicted octanol–water partition coefficient (Wildman–Crippen LogP) is 5.18. The van der Waals surface area contributed by atoms with Gasteiger partial charge in [0.1, 0.15) is 5.75 Å². The van der Waals surface area contributed by atoms with E-state index in [2.05, 4.69) is 46.6 Å². The molecule has 2 aromatic carbocycles. The van der Waals surface area contributed by atoms with Crippen LogP contribution in [0.25, 0.3) is 5.57 Å². The number of anilines is 1. The number of benzene rings is 2. The third kappa shape index (κ3) is 3.67. The maximum Gasteiger partial charge on any atom is 0.235 e. The van der Waals surface area contributed by atoms with Crippen molar-refractivity contribution in [2.24, 2.45) is 0 Å². The number of hydrogen-bond acceptors (Lipinski definition) is 3. The molecule has 4 nitrogen and oxygen atoms in total. The molecule has 1 aliphatic carbocycles. The monoisotopic (exact) mass is 416 g/mol. The van der Waals surface area contributed by atoms with E-state index in [-0.39, 0.29) is 11.3 Å². The molecule has 0 radical (unpaired) electrons. The number of hydrogen-bond donors (Lipinski definition) is 1. The number of carbonyl (C=O) groups excluding carboxylic acids is 1. The number of nitrogens with zero attached hydrogens (tertiary/aromatic N) is 1. The Balaban J connectivity index is 1.17. The Morgan fingerprint density at radius 2 is 2.00 bits per heavy atom. The third-order valence-electron chi connectivity index (χ3n) is 7.44. The van der Waals surface area contributed by atoms with Gasteiger partial charge in [-0.2, -0.15) is 0 Å². The van der Waals surface area contributed by atoms with Gasteiger partial charge in [-0.1, -0.05) is 42.8 Å². The zero-order valence-corrected chi connectivity index (χ0v) is 18.5. The number of amides is 1. The fourth-order valence-electron chi connectivity index (χ4n) is 5.85. The number of rotatable bonds is 7. The topological polar surface area (TPSA) is 41.6 Å². The van der Waals surface area contributed by atoms with E-state index in [9.17, 15) is 4.79 Å². The Labute approximate surface area is 185 Å². The van der Waals surface area contributed by atoms with Crippen molar-refractivity contribution in [2.45, 2.75) is 50.4 Å². The van der Waals surface area contributed by atoms with Crippen LogP contribution in [0.3, 0.4) is 0 Å². The highest BCUT2D eigenvalue weighted by molar-refractivity contribution is 6.07. The van der Waals surface area contributed by atoms with Crippen molar-refractivity contribution in [3.05, 3.63) is 65.2 Å². The molecule has 1 atom stereocenters. The van der Waals surface area contributed by atoms with E-state index >= 15 is 0 Å². The molecule has 1 N–H and O–H groups in total. The Kier molecular flexibility index (Phi) is 5.58. The van der Waals surface area contributed by atoms with Crippen molar-refractivity contribution in [1.29, 1.82) is 0 Å². The molecule has 2 heterocycles. The lowest BCUT2D eigenvalue weighted by atomic mass is 9.68. The van der Waals surface area contributed by atoms with Crippen molar-refractivity contribution in [3.63, 3.8) is 0 Å². The zero-order chi connectivity index (χ0) is 21.3. The largest absolute Gasteiger partial charge is 0.496 e. The normalized spacial score (nSPS) is 22.6. The summed E-state index contributed by atoms with van der Waals surface area (Å²) < 4.78 is 5.53. The fourth-order valence-corrected chi connectivity index (χ4v) is 5.85. The van der Waals surface area contributed by atoms with E-state index in [1.807, 2.05) is 12.1 Å². The molecule has 162 valence electrons. The molecule has 31 heavy (non-hydrogen) atoms. The Morgan fingerprint density at radius 3 is 2.84 bits per heavy atom. The predicted molar refractivity (Wildman–Crippen MR) is 126 cm³/mol. The van der Waals surface area contributed by atoms with E-state index in [0.717, 1.165) is 76.0 Å². The minimum atomic E-state index is -0.275. The second-order valence-corrected chi connectivity index (χ2v) is 9.17. The molecular weight excluding hydrogens is 384 g/mol. The first-order valence-corrected chi connectivity index (χ1v) is 11.7. The van der Waals surface area contributed by atoms with Crippen molar-refractivity contribution in [2.75, 3.05) is 32.1 Å². The van der Waals surface area contributed by atoms with E-state index < -0.39 is 0 Å². The summed E-state index contributed by atoms with van der Waals surface area (Å²) in [6.45, 7) is 3.18. The van der Waals surface area contributed by atoms with Crippen LogP contribution >= 0.6 is 0 Å². The minimum absolute atomic E-state index is 0.233. The summed E-state index contributed by atoms with van der Waals surface area (Å²) in [5.74, 6) is 1.19. The van der Waals surface area contributed by atoms with Crippen molar-refractivity contribution >= 4 is 17.2 Å². The van der Waals surface area contributed by atoms with Gasteiger partial charge in [0, 0.05) is 24.3 Å². The highest BCUT2D eigenvalue weighted by atomic mass is 16.5. The molecule has 2 aromatic rings. The zero-order valence-electron chi connectivity index (χ0n) is 18.5. The van der Waals surface area contributed by atoms with Crippen molar-refractivity contribution < 1.29 is 9.53 Å². The van der Waals surface area contributed by atoms with E-state index in [1.54, 1.807) is 7.11 Å². The molecule has 0 fully saturated rings. The van der Waals surface area contributed by atoms with Gasteiger partial charge in [-0.15, -0.1) is 0 Å². The lowest BCUT2D eigenvalue weighted by Crippen LogP contribution is -2.37. The van der Waals surface area contributed by atoms with Gasteiger partial charge in [0.25, 0.3) is 0 Å². The van der Waals surface area contributed by atoms with Gasteiger partial charge >= 0.3 is 0 Å². The molecule has 5 rings (SSSR count). The Morgan fingerprint density at radius 1 is 1.10 bits per heavy atom. The minimum Gasteiger partial charge on any atom is -0.496 e. The van der Waals surface area contributed by atoms with Crippen LogP contribution in [0.15, 0.2) is 48.5 Å². The molecular formula is C27H32N2O2. The fraction of sp³-hybridized carbons (Fsp3) is 0.444. The Hall–Kier alpha value is -2.59. The molecule has 0 saturated carbocycles. The first-order valence-electron chi connectivity index (χ1n) is 11.7. The van der Waals surface area contributed by atoms with Crippen LogP contribution in [-0.4, -0.2) is 37.6 Å². The highest BCUT2D eigenvalue weighted by Gasteiger charge is 2.48. The van der Waals surface area contributed by atoms with Crippen LogP contribution in [0.4, 0.5) is 5.69 Å². The summed E-state index contributed by atoms with van der Waals surface area (Å²) in [4.78, 5) is 15.5. The van der Waals surface area contributed by atoms with E-state index in [4.69, 9.17) is 4.74 Å². The molecule has 2 aliphatic heterocycles. The van der Waals surface area contributed by atoms with E-state index in [1.165, 1.54) is 22.3 Å². The van der Waals surface area contributed by atoms with Gasteiger partial charge in [-0.25, -0.2) is 0 Å². The first-order chi connectivity index (χ1) is 15.2. The standard InChI is InChI=1S/C27H32N2O2/c1-31-24-12-3-2-10-22(24)20-13-18-29(19-14-20)17-5-4-15-27-16-7-9-21-8-6-11-23(25(21)27)28-26(27)30/h2-3,6,8,10-13H,4-5,7,9,14-19H2,1H3,(H,28,30). The van der Waals surface area contributed by atoms with Gasteiger partial charge in [-0.3, -0.25) is 9.69 Å². The summed E-state index contributed by atoms with van der Waals surface area (Å²) in [6, 6.07) is 14.7. The Bertz CT molecular complexity index is 1010. The molecule has 4 heteroatoms. The summed E-state index contributed by atoms with van der Waals surface area (Å²) in [7, 11) is 1.74. The highest BCUT2D eigenvalue weighted by Crippen LogP contribution is 2.49. The number of methoxy groups -OCH3 is 1. The smallest absolute Gasteiger partial charge is 0.235 e. The molecule has 0 saturated heterocycles. The van der Waals surface area contributed by atoms with Gasteiger partial charge < -0.3 is 10.1 Å². The van der Waals surface area contributed by atoms with E-state index in [0.29, 0.717) is 0 Å². The van der Waals surface area contributed by atoms with Crippen LogP contribution in [0.5, 0.6) is 5.75 Å². The number of unbranched alkanes of at least 4 members (excludes halogenated alkanes) is 1. The summed E-state index contributed by atoms with van der Waals surface area (Å²) in [5, 5.41) is 3.17. The molecule has 1 unspecified atom stereocenters. The average Bonchev–Trinajstić information content (AvgIpc) is 3.10. The van der Waals surface area contributed by atoms with Gasteiger partial charge in [0.05, 0.1) is 12.5 Å². The summed E-state index contributed by atoms with van der Waals surface area (Å²) in [5.41, 5.74) is 6.10. The van der Waals surface area contributed by atoms with Gasteiger partial charge in [-0.05, 0) is 73.9 Å². The molecule has 0 bridgehead atoms. The van der Waals surface area contributed by atoms with Gasteiger partial charge in [0.2, 0.25) is 5.91 Å².